The first kappa shape index (κ1) is 8.63. The predicted octanol–water partition coefficient (Wildman–Crippen LogP) is 2.71. The maximum atomic E-state index is 8.10. The fraction of sp³-hybridized carbons (Fsp3) is 0.333. The summed E-state index contributed by atoms with van der Waals surface area (Å²) >= 11 is 16.3. The van der Waals surface area contributed by atoms with Crippen molar-refractivity contribution in [2.45, 2.75) is 6.04 Å². The standard InChI is InChI=1S/C3H5Cl3OSi/c4-8(5,6)3-1-2-7/h1-2,7H,3H2. The van der Waals surface area contributed by atoms with Crippen LogP contribution in [0.25, 0.3) is 0 Å². The molecule has 0 fully saturated rings. The van der Waals surface area contributed by atoms with E-state index < -0.39 is 6.00 Å². The Hall–Kier alpha value is 0.627. The summed E-state index contributed by atoms with van der Waals surface area (Å²) in [6.45, 7) is 0. The summed E-state index contributed by atoms with van der Waals surface area (Å²) in [5.74, 6) is 0. The first-order valence-electron chi connectivity index (χ1n) is 1.92. The monoisotopic (exact) mass is 190 g/mol. The Labute approximate surface area is 63.0 Å². The summed E-state index contributed by atoms with van der Waals surface area (Å²) in [5, 5.41) is 8.10. The van der Waals surface area contributed by atoms with E-state index in [2.05, 4.69) is 0 Å². The molecule has 0 heterocycles. The molecule has 0 bridgehead atoms. The summed E-state index contributed by atoms with van der Waals surface area (Å²) in [6, 6.07) is -2.14. The van der Waals surface area contributed by atoms with E-state index in [-0.39, 0.29) is 0 Å². The van der Waals surface area contributed by atoms with Crippen molar-refractivity contribution < 1.29 is 5.11 Å². The molecule has 0 atom stereocenters. The van der Waals surface area contributed by atoms with Gasteiger partial charge in [0.05, 0.1) is 6.26 Å². The van der Waals surface area contributed by atoms with Gasteiger partial charge >= 0.3 is 6.00 Å². The van der Waals surface area contributed by atoms with Crippen LogP contribution >= 0.6 is 33.2 Å². The minimum absolute atomic E-state index is 0.369. The second kappa shape index (κ2) is 3.61. The highest BCUT2D eigenvalue weighted by Crippen LogP contribution is 2.24. The molecular weight excluding hydrogens is 186 g/mol. The van der Waals surface area contributed by atoms with Gasteiger partial charge in [0.25, 0.3) is 0 Å². The first-order chi connectivity index (χ1) is 3.56. The molecular formula is C3H5Cl3OSi. The quantitative estimate of drug-likeness (QED) is 0.404. The Morgan fingerprint density at radius 3 is 2.00 bits per heavy atom. The lowest BCUT2D eigenvalue weighted by Crippen LogP contribution is -2.05. The van der Waals surface area contributed by atoms with Gasteiger partial charge in [0.2, 0.25) is 0 Å². The molecule has 1 N–H and O–H groups in total. The smallest absolute Gasteiger partial charge is 0.345 e. The molecule has 0 spiro atoms. The van der Waals surface area contributed by atoms with E-state index in [0.29, 0.717) is 6.04 Å². The van der Waals surface area contributed by atoms with Crippen molar-refractivity contribution in [3.63, 3.8) is 0 Å². The topological polar surface area (TPSA) is 20.2 Å². The minimum atomic E-state index is -2.51. The van der Waals surface area contributed by atoms with Crippen molar-refractivity contribution in [2.24, 2.45) is 0 Å². The van der Waals surface area contributed by atoms with Gasteiger partial charge in [-0.3, -0.25) is 0 Å². The number of hydrogen-bond donors (Lipinski definition) is 1. The highest BCUT2D eigenvalue weighted by molar-refractivity contribution is 7.64. The summed E-state index contributed by atoms with van der Waals surface area (Å²) in [5.41, 5.74) is 0. The van der Waals surface area contributed by atoms with Gasteiger partial charge in [-0.2, -0.15) is 0 Å². The van der Waals surface area contributed by atoms with Gasteiger partial charge in [-0.05, 0) is 6.08 Å². The number of hydrogen-bond acceptors (Lipinski definition) is 1. The molecule has 1 nitrogen and oxygen atoms in total. The molecule has 0 aromatic heterocycles. The van der Waals surface area contributed by atoms with Crippen LogP contribution in [-0.2, 0) is 0 Å². The van der Waals surface area contributed by atoms with E-state index in [1.807, 2.05) is 0 Å². The van der Waals surface area contributed by atoms with Crippen molar-refractivity contribution in [3.05, 3.63) is 12.3 Å². The minimum Gasteiger partial charge on any atom is -0.516 e. The van der Waals surface area contributed by atoms with Crippen LogP contribution in [0.5, 0.6) is 0 Å². The van der Waals surface area contributed by atoms with Crippen LogP contribution in [0.2, 0.25) is 6.04 Å². The molecule has 0 aromatic carbocycles. The average Bonchev–Trinajstić information content (AvgIpc) is 1.59. The highest BCUT2D eigenvalue weighted by Gasteiger charge is 2.22. The molecule has 0 saturated carbocycles. The van der Waals surface area contributed by atoms with Crippen molar-refractivity contribution in [1.29, 1.82) is 0 Å². The van der Waals surface area contributed by atoms with Gasteiger partial charge in [0, 0.05) is 6.04 Å². The molecule has 0 unspecified atom stereocenters. The third kappa shape index (κ3) is 6.63. The molecule has 0 saturated heterocycles. The third-order valence-corrected chi connectivity index (χ3v) is 2.54. The maximum Gasteiger partial charge on any atom is 0.345 e. The average molecular weight is 192 g/mol. The van der Waals surface area contributed by atoms with Gasteiger partial charge in [-0.15, -0.1) is 33.2 Å². The van der Waals surface area contributed by atoms with Gasteiger partial charge in [-0.25, -0.2) is 0 Å². The Morgan fingerprint density at radius 2 is 1.88 bits per heavy atom. The zero-order valence-corrected chi connectivity index (χ0v) is 7.21. The fourth-order valence-electron chi connectivity index (χ4n) is 0.186. The van der Waals surface area contributed by atoms with Crippen molar-refractivity contribution in [2.75, 3.05) is 0 Å². The zero-order valence-electron chi connectivity index (χ0n) is 3.94. The Morgan fingerprint density at radius 1 is 1.38 bits per heavy atom. The van der Waals surface area contributed by atoms with Crippen LogP contribution in [0.1, 0.15) is 0 Å². The number of aliphatic hydroxyl groups excluding tert-OH is 1. The summed E-state index contributed by atoms with van der Waals surface area (Å²) in [6.07, 6.45) is 2.31. The van der Waals surface area contributed by atoms with Gasteiger partial charge < -0.3 is 5.11 Å². The second-order valence-corrected chi connectivity index (χ2v) is 10.4. The maximum absolute atomic E-state index is 8.10. The number of halogens is 3. The van der Waals surface area contributed by atoms with E-state index >= 15 is 0 Å². The molecule has 48 valence electrons. The van der Waals surface area contributed by atoms with E-state index in [1.165, 1.54) is 6.08 Å². The van der Waals surface area contributed by atoms with Crippen LogP contribution in [-0.4, -0.2) is 11.1 Å². The predicted molar refractivity (Wildman–Crippen MR) is 39.9 cm³/mol. The molecule has 0 aliphatic rings. The SMILES string of the molecule is OC=CC[Si](Cl)(Cl)Cl. The van der Waals surface area contributed by atoms with Gasteiger partial charge in [0.15, 0.2) is 0 Å². The third-order valence-electron chi connectivity index (χ3n) is 0.455. The molecule has 0 radical (unpaired) electrons. The lowest BCUT2D eigenvalue weighted by atomic mass is 10.7. The highest BCUT2D eigenvalue weighted by atomic mass is 35.8. The molecule has 0 aromatic rings. The summed E-state index contributed by atoms with van der Waals surface area (Å²) in [7, 11) is 0. The Balaban J connectivity index is 3.39. The lowest BCUT2D eigenvalue weighted by molar-refractivity contribution is 0.472. The zero-order chi connectivity index (χ0) is 6.62. The Bertz CT molecular complexity index is 87.0. The fourth-order valence-corrected chi connectivity index (χ4v) is 1.36. The molecule has 0 aliphatic carbocycles. The van der Waals surface area contributed by atoms with Crippen molar-refractivity contribution in [1.82, 2.24) is 0 Å². The van der Waals surface area contributed by atoms with E-state index in [0.717, 1.165) is 6.26 Å². The first-order valence-corrected chi connectivity index (χ1v) is 7.16. The van der Waals surface area contributed by atoms with Crippen LogP contribution < -0.4 is 0 Å². The van der Waals surface area contributed by atoms with E-state index in [9.17, 15) is 0 Å². The van der Waals surface area contributed by atoms with Crippen LogP contribution in [0.15, 0.2) is 12.3 Å². The Kier molecular flexibility index (Phi) is 3.90. The summed E-state index contributed by atoms with van der Waals surface area (Å²) < 4.78 is 0. The lowest BCUT2D eigenvalue weighted by Gasteiger charge is -1.99. The van der Waals surface area contributed by atoms with Gasteiger partial charge in [-0.1, -0.05) is 0 Å². The molecule has 0 amide bonds. The molecule has 0 aliphatic heterocycles. The molecule has 0 rings (SSSR count). The largest absolute Gasteiger partial charge is 0.516 e. The van der Waals surface area contributed by atoms with E-state index in [4.69, 9.17) is 38.3 Å². The van der Waals surface area contributed by atoms with Crippen molar-refractivity contribution >= 4 is 39.2 Å². The van der Waals surface area contributed by atoms with Crippen LogP contribution in [0.3, 0.4) is 0 Å². The second-order valence-electron chi connectivity index (χ2n) is 1.20. The van der Waals surface area contributed by atoms with Crippen LogP contribution in [0.4, 0.5) is 0 Å². The normalized spacial score (nSPS) is 12.9. The number of rotatable bonds is 2. The summed E-state index contributed by atoms with van der Waals surface area (Å²) in [4.78, 5) is 0. The van der Waals surface area contributed by atoms with E-state index in [1.54, 1.807) is 0 Å². The van der Waals surface area contributed by atoms with Crippen LogP contribution in [0, 0.1) is 0 Å². The number of aliphatic hydroxyl groups is 1. The van der Waals surface area contributed by atoms with Crippen molar-refractivity contribution in [3.8, 4) is 0 Å². The number of allylic oxidation sites excluding steroid dienone is 1. The molecule has 5 heteroatoms. The van der Waals surface area contributed by atoms with Gasteiger partial charge in [0.1, 0.15) is 0 Å². The molecule has 8 heavy (non-hydrogen) atoms.